The van der Waals surface area contributed by atoms with Crippen LogP contribution in [0.5, 0.6) is 0 Å². The molecule has 0 aliphatic carbocycles. The van der Waals surface area contributed by atoms with Crippen LogP contribution in [0.3, 0.4) is 0 Å². The zero-order valence-corrected chi connectivity index (χ0v) is 12.9. The Labute approximate surface area is 127 Å². The van der Waals surface area contributed by atoms with Gasteiger partial charge >= 0.3 is 5.97 Å². The molecule has 0 aliphatic rings. The molecule has 0 aliphatic heterocycles. The summed E-state index contributed by atoms with van der Waals surface area (Å²) in [4.78, 5) is 32.8. The number of thioether (sulfide) groups is 2. The molecule has 110 valence electrons. The van der Waals surface area contributed by atoms with Crippen molar-refractivity contribution in [3.05, 3.63) is 0 Å². The number of carbonyl (C=O) groups excluding carboxylic acids is 3. The van der Waals surface area contributed by atoms with E-state index in [2.05, 4.69) is 20.3 Å². The van der Waals surface area contributed by atoms with Gasteiger partial charge in [0.25, 0.3) is 0 Å². The average Bonchev–Trinajstić information content (AvgIpc) is 2.88. The maximum atomic E-state index is 11.4. The summed E-state index contributed by atoms with van der Waals surface area (Å²) in [6.45, 7) is -0.161. The second kappa shape index (κ2) is 8.76. The van der Waals surface area contributed by atoms with Crippen LogP contribution in [-0.2, 0) is 19.1 Å². The molecule has 1 aromatic heterocycles. The van der Waals surface area contributed by atoms with Gasteiger partial charge < -0.3 is 15.8 Å². The van der Waals surface area contributed by atoms with Gasteiger partial charge in [0.1, 0.15) is 6.54 Å². The molecule has 0 aromatic carbocycles. The van der Waals surface area contributed by atoms with Crippen molar-refractivity contribution < 1.29 is 19.1 Å². The lowest BCUT2D eigenvalue weighted by Gasteiger charge is -2.01. The predicted molar refractivity (Wildman–Crippen MR) is 75.6 cm³/mol. The molecule has 0 radical (unpaired) electrons. The Bertz CT molecular complexity index is 493. The molecule has 0 atom stereocenters. The number of nitrogens with one attached hydrogen (secondary N) is 1. The smallest absolute Gasteiger partial charge is 0.325 e. The second-order valence-corrected chi connectivity index (χ2v) is 6.65. The van der Waals surface area contributed by atoms with E-state index in [4.69, 9.17) is 5.73 Å². The van der Waals surface area contributed by atoms with E-state index in [1.54, 1.807) is 0 Å². The number of esters is 1. The minimum atomic E-state index is -0.510. The van der Waals surface area contributed by atoms with Crippen LogP contribution in [0.15, 0.2) is 8.68 Å². The highest BCUT2D eigenvalue weighted by Crippen LogP contribution is 2.28. The molecule has 0 bridgehead atoms. The van der Waals surface area contributed by atoms with Gasteiger partial charge in [0.2, 0.25) is 11.8 Å². The highest BCUT2D eigenvalue weighted by atomic mass is 32.2. The van der Waals surface area contributed by atoms with Crippen molar-refractivity contribution in [3.63, 3.8) is 0 Å². The lowest BCUT2D eigenvalue weighted by molar-refractivity contribution is -0.140. The van der Waals surface area contributed by atoms with Crippen molar-refractivity contribution in [2.45, 2.75) is 8.68 Å². The highest BCUT2D eigenvalue weighted by molar-refractivity contribution is 8.03. The summed E-state index contributed by atoms with van der Waals surface area (Å²) in [5.74, 6) is -0.988. The predicted octanol–water partition coefficient (Wildman–Crippen LogP) is -0.503. The number of carbonyl (C=O) groups is 3. The van der Waals surface area contributed by atoms with Crippen molar-refractivity contribution in [2.24, 2.45) is 5.73 Å². The molecule has 11 heteroatoms. The summed E-state index contributed by atoms with van der Waals surface area (Å²) in [6.07, 6.45) is 0. The fourth-order valence-electron chi connectivity index (χ4n) is 0.868. The molecule has 3 N–H and O–H groups in total. The first-order valence-corrected chi connectivity index (χ1v) is 8.01. The van der Waals surface area contributed by atoms with Gasteiger partial charge in [-0.2, -0.15) is 0 Å². The Balaban J connectivity index is 2.29. The summed E-state index contributed by atoms with van der Waals surface area (Å²) in [6, 6.07) is 0. The minimum Gasteiger partial charge on any atom is -0.468 e. The third-order valence-corrected chi connectivity index (χ3v) is 4.92. The average molecular weight is 336 g/mol. The maximum Gasteiger partial charge on any atom is 0.325 e. The number of methoxy groups -OCH3 is 1. The van der Waals surface area contributed by atoms with Crippen LogP contribution < -0.4 is 11.1 Å². The number of ether oxygens (including phenoxy) is 1. The molecule has 1 rings (SSSR count). The largest absolute Gasteiger partial charge is 0.468 e. The van der Waals surface area contributed by atoms with E-state index >= 15 is 0 Å². The van der Waals surface area contributed by atoms with E-state index in [1.165, 1.54) is 42.0 Å². The van der Waals surface area contributed by atoms with Crippen LogP contribution in [-0.4, -0.2) is 53.1 Å². The molecule has 1 heterocycles. The Hall–Kier alpha value is -1.33. The summed E-state index contributed by atoms with van der Waals surface area (Å²) < 4.78 is 5.61. The van der Waals surface area contributed by atoms with Crippen LogP contribution in [0.2, 0.25) is 0 Å². The van der Waals surface area contributed by atoms with Crippen molar-refractivity contribution in [2.75, 3.05) is 25.2 Å². The molecule has 20 heavy (non-hydrogen) atoms. The summed E-state index contributed by atoms with van der Waals surface area (Å²) in [5.41, 5.74) is 5.02. The lowest BCUT2D eigenvalue weighted by Crippen LogP contribution is -2.31. The summed E-state index contributed by atoms with van der Waals surface area (Å²) in [7, 11) is 1.25. The number of nitrogens with two attached hydrogens (primary N) is 1. The Morgan fingerprint density at radius 3 is 2.40 bits per heavy atom. The zero-order chi connectivity index (χ0) is 15.0. The van der Waals surface area contributed by atoms with E-state index in [1.807, 2.05) is 0 Å². The van der Waals surface area contributed by atoms with E-state index in [9.17, 15) is 14.4 Å². The van der Waals surface area contributed by atoms with Gasteiger partial charge in [0.05, 0.1) is 18.6 Å². The maximum absolute atomic E-state index is 11.4. The molecule has 0 spiro atoms. The van der Waals surface area contributed by atoms with Gasteiger partial charge in [-0.3, -0.25) is 14.4 Å². The van der Waals surface area contributed by atoms with Crippen LogP contribution >= 0.6 is 34.9 Å². The molecular formula is C9H12N4O4S3. The Morgan fingerprint density at radius 2 is 1.85 bits per heavy atom. The zero-order valence-electron chi connectivity index (χ0n) is 10.5. The number of aromatic nitrogens is 2. The number of nitrogens with zero attached hydrogens (tertiary/aromatic N) is 2. The van der Waals surface area contributed by atoms with Crippen LogP contribution in [0.4, 0.5) is 0 Å². The third kappa shape index (κ3) is 6.73. The molecule has 2 amide bonds. The molecule has 1 aromatic rings. The standard InChI is InChI=1S/C9H12N4O4S3/c1-17-7(16)2-11-6(15)4-19-9-13-12-8(20-9)18-3-5(10)14/h2-4H2,1H3,(H2,10,14)(H,11,15). The number of hydrogen-bond acceptors (Lipinski definition) is 9. The van der Waals surface area contributed by atoms with Gasteiger partial charge in [-0.1, -0.05) is 34.9 Å². The normalized spacial score (nSPS) is 10.1. The Morgan fingerprint density at radius 1 is 1.25 bits per heavy atom. The van der Waals surface area contributed by atoms with Gasteiger partial charge in [0, 0.05) is 0 Å². The SMILES string of the molecule is COC(=O)CNC(=O)CSc1nnc(SCC(N)=O)s1. The van der Waals surface area contributed by atoms with Gasteiger partial charge in [-0.25, -0.2) is 0 Å². The van der Waals surface area contributed by atoms with Crippen molar-refractivity contribution >= 4 is 52.6 Å². The molecule has 0 saturated heterocycles. The van der Waals surface area contributed by atoms with Crippen molar-refractivity contribution in [3.8, 4) is 0 Å². The molecule has 0 fully saturated rings. The van der Waals surface area contributed by atoms with Crippen LogP contribution in [0.1, 0.15) is 0 Å². The number of primary amides is 1. The van der Waals surface area contributed by atoms with E-state index < -0.39 is 11.9 Å². The quantitative estimate of drug-likeness (QED) is 0.481. The topological polar surface area (TPSA) is 124 Å². The Kier molecular flexibility index (Phi) is 7.33. The summed E-state index contributed by atoms with van der Waals surface area (Å²) >= 11 is 3.66. The van der Waals surface area contributed by atoms with Crippen molar-refractivity contribution in [1.82, 2.24) is 15.5 Å². The molecule has 8 nitrogen and oxygen atoms in total. The number of amides is 2. The summed E-state index contributed by atoms with van der Waals surface area (Å²) in [5, 5.41) is 10.1. The first-order chi connectivity index (χ1) is 9.51. The van der Waals surface area contributed by atoms with E-state index in [-0.39, 0.29) is 24.0 Å². The fourth-order valence-corrected chi connectivity index (χ4v) is 3.46. The third-order valence-electron chi connectivity index (χ3n) is 1.71. The highest BCUT2D eigenvalue weighted by Gasteiger charge is 2.10. The monoisotopic (exact) mass is 336 g/mol. The molecular weight excluding hydrogens is 324 g/mol. The number of hydrogen-bond donors (Lipinski definition) is 2. The van der Waals surface area contributed by atoms with Gasteiger partial charge in [-0.05, 0) is 0 Å². The van der Waals surface area contributed by atoms with Gasteiger partial charge in [0.15, 0.2) is 8.68 Å². The van der Waals surface area contributed by atoms with Crippen LogP contribution in [0.25, 0.3) is 0 Å². The van der Waals surface area contributed by atoms with Crippen LogP contribution in [0, 0.1) is 0 Å². The van der Waals surface area contributed by atoms with Gasteiger partial charge in [-0.15, -0.1) is 10.2 Å². The van der Waals surface area contributed by atoms with E-state index in [0.29, 0.717) is 8.68 Å². The molecule has 0 unspecified atom stereocenters. The second-order valence-electron chi connectivity index (χ2n) is 3.23. The number of rotatable bonds is 8. The molecule has 0 saturated carbocycles. The lowest BCUT2D eigenvalue weighted by atomic mass is 10.6. The van der Waals surface area contributed by atoms with Crippen molar-refractivity contribution in [1.29, 1.82) is 0 Å². The minimum absolute atomic E-state index is 0.117. The first-order valence-electron chi connectivity index (χ1n) is 5.22. The fraction of sp³-hybridized carbons (Fsp3) is 0.444. The first kappa shape index (κ1) is 16.7. The van der Waals surface area contributed by atoms with E-state index in [0.717, 1.165) is 0 Å².